The van der Waals surface area contributed by atoms with Gasteiger partial charge in [-0.05, 0) is 5.56 Å². The molecule has 0 saturated carbocycles. The summed E-state index contributed by atoms with van der Waals surface area (Å²) < 4.78 is 1.82. The zero-order valence-corrected chi connectivity index (χ0v) is 12.4. The van der Waals surface area contributed by atoms with Crippen LogP contribution < -0.4 is 5.32 Å². The first-order valence-electron chi connectivity index (χ1n) is 7.17. The maximum atomic E-state index is 11.4. The monoisotopic (exact) mass is 291 g/mol. The fourth-order valence-electron chi connectivity index (χ4n) is 2.32. The third-order valence-corrected chi connectivity index (χ3v) is 3.33. The Morgan fingerprint density at radius 2 is 1.68 bits per heavy atom. The minimum atomic E-state index is -0.103. The molecule has 2 aromatic carbocycles. The molecule has 1 N–H and O–H groups in total. The summed E-state index contributed by atoms with van der Waals surface area (Å²) in [5.74, 6) is 0.601. The lowest BCUT2D eigenvalue weighted by Crippen LogP contribution is -2.12. The fraction of sp³-hybridized carbons (Fsp3) is 0.111. The van der Waals surface area contributed by atoms with E-state index in [1.165, 1.54) is 6.92 Å². The molecule has 0 spiro atoms. The molecule has 0 unspecified atom stereocenters. The Balaban J connectivity index is 1.96. The van der Waals surface area contributed by atoms with Gasteiger partial charge in [-0.3, -0.25) is 4.79 Å². The number of hydrogen-bond donors (Lipinski definition) is 1. The smallest absolute Gasteiger partial charge is 0.222 e. The Labute approximate surface area is 129 Å². The predicted octanol–water partition coefficient (Wildman–Crippen LogP) is 3.56. The van der Waals surface area contributed by atoms with Gasteiger partial charge >= 0.3 is 0 Å². The molecule has 0 bridgehead atoms. The van der Waals surface area contributed by atoms with Crippen LogP contribution in [0.15, 0.2) is 66.7 Å². The Morgan fingerprint density at radius 3 is 2.32 bits per heavy atom. The van der Waals surface area contributed by atoms with Gasteiger partial charge in [0.2, 0.25) is 5.91 Å². The maximum absolute atomic E-state index is 11.4. The van der Waals surface area contributed by atoms with Gasteiger partial charge in [0, 0.05) is 18.6 Å². The van der Waals surface area contributed by atoms with E-state index in [0.29, 0.717) is 12.4 Å². The molecule has 4 nitrogen and oxygen atoms in total. The van der Waals surface area contributed by atoms with Crippen LogP contribution in [0.3, 0.4) is 0 Å². The number of amides is 1. The number of hydrogen-bond acceptors (Lipinski definition) is 2. The van der Waals surface area contributed by atoms with E-state index in [9.17, 15) is 4.79 Å². The largest absolute Gasteiger partial charge is 0.311 e. The van der Waals surface area contributed by atoms with Crippen molar-refractivity contribution < 1.29 is 4.79 Å². The van der Waals surface area contributed by atoms with Crippen molar-refractivity contribution in [3.63, 3.8) is 0 Å². The highest BCUT2D eigenvalue weighted by Gasteiger charge is 2.11. The van der Waals surface area contributed by atoms with Crippen LogP contribution in [0.1, 0.15) is 12.5 Å². The van der Waals surface area contributed by atoms with Gasteiger partial charge in [0.15, 0.2) is 0 Å². The highest BCUT2D eigenvalue weighted by atomic mass is 16.1. The number of carbonyl (C=O) groups excluding carboxylic acids is 1. The van der Waals surface area contributed by atoms with Gasteiger partial charge in [-0.1, -0.05) is 60.7 Å². The van der Waals surface area contributed by atoms with Gasteiger partial charge in [0.05, 0.1) is 12.2 Å². The van der Waals surface area contributed by atoms with E-state index < -0.39 is 0 Å². The molecular weight excluding hydrogens is 274 g/mol. The lowest BCUT2D eigenvalue weighted by atomic mass is 10.2. The molecule has 1 amide bonds. The summed E-state index contributed by atoms with van der Waals surface area (Å²) in [5, 5.41) is 7.48. The first-order valence-corrected chi connectivity index (χ1v) is 7.17. The second-order valence-corrected chi connectivity index (χ2v) is 5.11. The molecule has 0 aliphatic rings. The van der Waals surface area contributed by atoms with Gasteiger partial charge in [0.25, 0.3) is 0 Å². The van der Waals surface area contributed by atoms with Crippen LogP contribution in [-0.2, 0) is 11.3 Å². The number of rotatable bonds is 4. The van der Waals surface area contributed by atoms with Crippen molar-refractivity contribution in [3.05, 3.63) is 72.3 Å². The van der Waals surface area contributed by atoms with Crippen molar-refractivity contribution in [2.45, 2.75) is 13.5 Å². The summed E-state index contributed by atoms with van der Waals surface area (Å²) >= 11 is 0. The van der Waals surface area contributed by atoms with Crippen LogP contribution in [0.25, 0.3) is 11.3 Å². The summed E-state index contributed by atoms with van der Waals surface area (Å²) in [7, 11) is 0. The number of nitrogens with one attached hydrogen (secondary N) is 1. The second kappa shape index (κ2) is 6.26. The van der Waals surface area contributed by atoms with E-state index in [1.807, 2.05) is 71.4 Å². The van der Waals surface area contributed by atoms with E-state index in [0.717, 1.165) is 16.8 Å². The molecule has 0 saturated heterocycles. The highest BCUT2D eigenvalue weighted by Crippen LogP contribution is 2.22. The normalized spacial score (nSPS) is 10.4. The van der Waals surface area contributed by atoms with Gasteiger partial charge in [-0.15, -0.1) is 0 Å². The molecule has 0 aliphatic carbocycles. The minimum absolute atomic E-state index is 0.103. The molecule has 3 aromatic rings. The average molecular weight is 291 g/mol. The van der Waals surface area contributed by atoms with Gasteiger partial charge in [-0.2, -0.15) is 5.10 Å². The van der Waals surface area contributed by atoms with Crippen LogP contribution in [0.2, 0.25) is 0 Å². The summed E-state index contributed by atoms with van der Waals surface area (Å²) in [6.07, 6.45) is 0. The maximum Gasteiger partial charge on any atom is 0.222 e. The van der Waals surface area contributed by atoms with E-state index in [2.05, 4.69) is 10.4 Å². The van der Waals surface area contributed by atoms with Crippen LogP contribution >= 0.6 is 0 Å². The Morgan fingerprint density at radius 1 is 1.05 bits per heavy atom. The van der Waals surface area contributed by atoms with E-state index in [1.54, 1.807) is 0 Å². The van der Waals surface area contributed by atoms with Crippen molar-refractivity contribution in [1.29, 1.82) is 0 Å². The lowest BCUT2D eigenvalue weighted by Gasteiger charge is -2.07. The molecule has 0 radical (unpaired) electrons. The average Bonchev–Trinajstić information content (AvgIpc) is 2.91. The Bertz CT molecular complexity index is 764. The van der Waals surface area contributed by atoms with Crippen LogP contribution in [0.5, 0.6) is 0 Å². The molecule has 22 heavy (non-hydrogen) atoms. The number of nitrogens with zero attached hydrogens (tertiary/aromatic N) is 2. The second-order valence-electron chi connectivity index (χ2n) is 5.11. The first-order chi connectivity index (χ1) is 10.7. The molecule has 3 rings (SSSR count). The van der Waals surface area contributed by atoms with Crippen LogP contribution in [-0.4, -0.2) is 15.7 Å². The van der Waals surface area contributed by atoms with Crippen molar-refractivity contribution in [2.24, 2.45) is 0 Å². The molecule has 0 atom stereocenters. The SMILES string of the molecule is CC(=O)Nc1cc(-c2ccccc2)nn1Cc1ccccc1. The summed E-state index contributed by atoms with van der Waals surface area (Å²) in [4.78, 5) is 11.4. The van der Waals surface area contributed by atoms with Gasteiger partial charge in [0.1, 0.15) is 5.82 Å². The molecule has 0 aliphatic heterocycles. The predicted molar refractivity (Wildman–Crippen MR) is 87.5 cm³/mol. The third kappa shape index (κ3) is 3.23. The molecule has 0 fully saturated rings. The van der Waals surface area contributed by atoms with Gasteiger partial charge in [-0.25, -0.2) is 4.68 Å². The first kappa shape index (κ1) is 14.1. The lowest BCUT2D eigenvalue weighted by molar-refractivity contribution is -0.114. The van der Waals surface area contributed by atoms with Crippen molar-refractivity contribution in [3.8, 4) is 11.3 Å². The number of benzene rings is 2. The topological polar surface area (TPSA) is 46.9 Å². The number of aromatic nitrogens is 2. The van der Waals surface area contributed by atoms with E-state index in [-0.39, 0.29) is 5.91 Å². The quantitative estimate of drug-likeness (QED) is 0.799. The van der Waals surface area contributed by atoms with Crippen molar-refractivity contribution >= 4 is 11.7 Å². The molecular formula is C18H17N3O. The van der Waals surface area contributed by atoms with Crippen molar-refractivity contribution in [2.75, 3.05) is 5.32 Å². The van der Waals surface area contributed by atoms with Crippen LogP contribution in [0, 0.1) is 0 Å². The van der Waals surface area contributed by atoms with Gasteiger partial charge < -0.3 is 5.32 Å². The van der Waals surface area contributed by atoms with Crippen LogP contribution in [0.4, 0.5) is 5.82 Å². The Kier molecular flexibility index (Phi) is 4.01. The standard InChI is InChI=1S/C18H17N3O/c1-14(22)19-18-12-17(16-10-6-3-7-11-16)20-21(18)13-15-8-4-2-5-9-15/h2-12H,13H2,1H3,(H,19,22). The molecule has 1 aromatic heterocycles. The zero-order chi connectivity index (χ0) is 15.4. The molecule has 1 heterocycles. The Hall–Kier alpha value is -2.88. The number of carbonyl (C=O) groups is 1. The summed E-state index contributed by atoms with van der Waals surface area (Å²) in [6.45, 7) is 2.12. The van der Waals surface area contributed by atoms with E-state index >= 15 is 0 Å². The van der Waals surface area contributed by atoms with Crippen molar-refractivity contribution in [1.82, 2.24) is 9.78 Å². The molecule has 4 heteroatoms. The molecule has 110 valence electrons. The third-order valence-electron chi connectivity index (χ3n) is 3.33. The number of anilines is 1. The fourth-order valence-corrected chi connectivity index (χ4v) is 2.32. The highest BCUT2D eigenvalue weighted by molar-refractivity contribution is 5.88. The van der Waals surface area contributed by atoms with E-state index in [4.69, 9.17) is 0 Å². The minimum Gasteiger partial charge on any atom is -0.311 e. The summed E-state index contributed by atoms with van der Waals surface area (Å²) in [5.41, 5.74) is 3.01. The zero-order valence-electron chi connectivity index (χ0n) is 12.4. The summed E-state index contributed by atoms with van der Waals surface area (Å²) in [6, 6.07) is 21.9.